The van der Waals surface area contributed by atoms with Crippen LogP contribution in [0.1, 0.15) is 18.5 Å². The summed E-state index contributed by atoms with van der Waals surface area (Å²) in [4.78, 5) is 24.6. The Morgan fingerprint density at radius 1 is 1.55 bits per heavy atom. The minimum Gasteiger partial charge on any atom is -0.477 e. The summed E-state index contributed by atoms with van der Waals surface area (Å²) in [7, 11) is 1.74. The number of carbonyl (C=O) groups is 2. The van der Waals surface area contributed by atoms with Gasteiger partial charge in [0, 0.05) is 12.6 Å². The maximum atomic E-state index is 12.2. The van der Waals surface area contributed by atoms with Gasteiger partial charge in [0.05, 0.1) is 11.7 Å². The van der Waals surface area contributed by atoms with Crippen LogP contribution in [0.5, 0.6) is 0 Å². The Balaban J connectivity index is 1.94. The molecule has 1 saturated heterocycles. The predicted octanol–water partition coefficient (Wildman–Crippen LogP) is 0.429. The second kappa shape index (κ2) is 4.20. The SMILES string of the molecule is Cn1cc(/C=C2/C(=O)N(/C(=C\S)C(=O)O)C23CC3)nn1. The normalized spacial score (nSPS) is 22.3. The zero-order valence-corrected chi connectivity index (χ0v) is 11.5. The van der Waals surface area contributed by atoms with Crippen molar-refractivity contribution in [1.29, 1.82) is 0 Å². The topological polar surface area (TPSA) is 88.3 Å². The average molecular weight is 292 g/mol. The first-order valence-corrected chi connectivity index (χ1v) is 6.52. The van der Waals surface area contributed by atoms with E-state index in [1.165, 1.54) is 4.90 Å². The van der Waals surface area contributed by atoms with Crippen molar-refractivity contribution < 1.29 is 14.7 Å². The number of carbonyl (C=O) groups excluding carboxylic acids is 1. The number of aromatic nitrogens is 3. The lowest BCUT2D eigenvalue weighted by Gasteiger charge is -2.43. The molecule has 8 heteroatoms. The molecule has 1 amide bonds. The van der Waals surface area contributed by atoms with E-state index in [-0.39, 0.29) is 11.6 Å². The number of thiol groups is 1. The van der Waals surface area contributed by atoms with Gasteiger partial charge in [-0.25, -0.2) is 4.79 Å². The highest BCUT2D eigenvalue weighted by Gasteiger charge is 2.65. The van der Waals surface area contributed by atoms with Crippen LogP contribution in [0.4, 0.5) is 0 Å². The third-order valence-electron chi connectivity index (χ3n) is 3.58. The summed E-state index contributed by atoms with van der Waals surface area (Å²) in [6, 6.07) is 0. The Labute approximate surface area is 120 Å². The van der Waals surface area contributed by atoms with Crippen molar-refractivity contribution in [3.8, 4) is 0 Å². The Hall–Kier alpha value is -2.09. The highest BCUT2D eigenvalue weighted by Crippen LogP contribution is 2.57. The number of hydrogen-bond donors (Lipinski definition) is 2. The Bertz CT molecular complexity index is 672. The van der Waals surface area contributed by atoms with Crippen LogP contribution in [0.25, 0.3) is 6.08 Å². The van der Waals surface area contributed by atoms with E-state index in [0.717, 1.165) is 18.2 Å². The van der Waals surface area contributed by atoms with Gasteiger partial charge in [-0.1, -0.05) is 5.21 Å². The molecule has 0 unspecified atom stereocenters. The Morgan fingerprint density at radius 2 is 2.25 bits per heavy atom. The maximum Gasteiger partial charge on any atom is 0.353 e. The monoisotopic (exact) mass is 292 g/mol. The molecule has 1 aliphatic heterocycles. The molecule has 0 aromatic carbocycles. The number of aliphatic carboxylic acids is 1. The zero-order valence-electron chi connectivity index (χ0n) is 10.6. The van der Waals surface area contributed by atoms with Crippen molar-refractivity contribution in [2.45, 2.75) is 18.4 Å². The van der Waals surface area contributed by atoms with E-state index in [0.29, 0.717) is 11.3 Å². The van der Waals surface area contributed by atoms with Gasteiger partial charge >= 0.3 is 5.97 Å². The molecule has 1 aliphatic carbocycles. The lowest BCUT2D eigenvalue weighted by Crippen LogP contribution is -2.57. The van der Waals surface area contributed by atoms with E-state index in [9.17, 15) is 9.59 Å². The summed E-state index contributed by atoms with van der Waals surface area (Å²) in [5, 5.41) is 18.0. The summed E-state index contributed by atoms with van der Waals surface area (Å²) < 4.78 is 1.54. The molecule has 0 bridgehead atoms. The Kier molecular flexibility index (Phi) is 2.72. The van der Waals surface area contributed by atoms with E-state index in [4.69, 9.17) is 5.11 Å². The molecule has 1 spiro atoms. The standard InChI is InChI=1S/C12H12N4O3S/c1-15-5-7(13-14-15)4-8-10(17)16(12(8)2-3-12)9(6-20)11(18)19/h4-6,20H,2-3H2,1H3,(H,18,19)/b8-4-,9-6-. The average Bonchev–Trinajstić information content (AvgIpc) is 3.11. The number of aryl methyl sites for hydroxylation is 1. The number of carboxylic acid groups (broad SMARTS) is 1. The molecular formula is C12H12N4O3S. The van der Waals surface area contributed by atoms with E-state index in [1.54, 1.807) is 24.0 Å². The zero-order chi connectivity index (χ0) is 14.5. The van der Waals surface area contributed by atoms with Crippen LogP contribution in [-0.4, -0.2) is 42.4 Å². The number of hydrogen-bond acceptors (Lipinski definition) is 5. The number of likely N-dealkylation sites (tertiary alicyclic amines) is 1. The maximum absolute atomic E-state index is 12.2. The van der Waals surface area contributed by atoms with Crippen LogP contribution in [0.3, 0.4) is 0 Å². The van der Waals surface area contributed by atoms with Gasteiger partial charge in [-0.15, -0.1) is 17.7 Å². The first kappa shape index (κ1) is 12.9. The molecule has 1 N–H and O–H groups in total. The number of rotatable bonds is 3. The number of β-lactam (4-membered cyclic amide) rings is 1. The second-order valence-electron chi connectivity index (χ2n) is 4.87. The molecule has 1 aromatic heterocycles. The summed E-state index contributed by atoms with van der Waals surface area (Å²) in [5.41, 5.74) is 0.606. The van der Waals surface area contributed by atoms with Crippen LogP contribution in [0.15, 0.2) is 22.9 Å². The van der Waals surface area contributed by atoms with Crippen LogP contribution >= 0.6 is 12.6 Å². The van der Waals surface area contributed by atoms with Crippen molar-refractivity contribution in [2.75, 3.05) is 0 Å². The summed E-state index contributed by atoms with van der Waals surface area (Å²) >= 11 is 3.88. The minimum absolute atomic E-state index is 0.0906. The molecule has 20 heavy (non-hydrogen) atoms. The molecule has 0 atom stereocenters. The third kappa shape index (κ3) is 1.68. The fraction of sp³-hybridized carbons (Fsp3) is 0.333. The third-order valence-corrected chi connectivity index (χ3v) is 3.83. The van der Waals surface area contributed by atoms with Crippen LogP contribution in [0.2, 0.25) is 0 Å². The van der Waals surface area contributed by atoms with Gasteiger partial charge in [-0.05, 0) is 24.3 Å². The fourth-order valence-corrected chi connectivity index (χ4v) is 2.74. The van der Waals surface area contributed by atoms with Gasteiger partial charge < -0.3 is 5.11 Å². The molecule has 3 rings (SSSR count). The van der Waals surface area contributed by atoms with Gasteiger partial charge in [0.25, 0.3) is 5.91 Å². The molecule has 1 aromatic rings. The molecule has 1 saturated carbocycles. The molecule has 104 valence electrons. The van der Waals surface area contributed by atoms with Crippen molar-refractivity contribution in [1.82, 2.24) is 19.9 Å². The molecular weight excluding hydrogens is 280 g/mol. The second-order valence-corrected chi connectivity index (χ2v) is 5.12. The summed E-state index contributed by atoms with van der Waals surface area (Å²) in [6.45, 7) is 0. The van der Waals surface area contributed by atoms with E-state index < -0.39 is 11.5 Å². The van der Waals surface area contributed by atoms with Gasteiger partial charge in [0.15, 0.2) is 0 Å². The first-order chi connectivity index (χ1) is 9.49. The molecule has 7 nitrogen and oxygen atoms in total. The summed E-state index contributed by atoms with van der Waals surface area (Å²) in [5.74, 6) is -1.46. The van der Waals surface area contributed by atoms with Crippen LogP contribution < -0.4 is 0 Å². The fourth-order valence-electron chi connectivity index (χ4n) is 2.52. The number of nitrogens with zero attached hydrogens (tertiary/aromatic N) is 4. The quantitative estimate of drug-likeness (QED) is 0.479. The van der Waals surface area contributed by atoms with E-state index in [2.05, 4.69) is 22.9 Å². The van der Waals surface area contributed by atoms with Gasteiger partial charge in [0.1, 0.15) is 11.4 Å². The minimum atomic E-state index is -1.15. The van der Waals surface area contributed by atoms with Crippen molar-refractivity contribution >= 4 is 30.6 Å². The van der Waals surface area contributed by atoms with Crippen LogP contribution in [0, 0.1) is 0 Å². The number of amides is 1. The van der Waals surface area contributed by atoms with Crippen LogP contribution in [-0.2, 0) is 16.6 Å². The van der Waals surface area contributed by atoms with E-state index >= 15 is 0 Å². The Morgan fingerprint density at radius 3 is 2.70 bits per heavy atom. The largest absolute Gasteiger partial charge is 0.477 e. The first-order valence-electron chi connectivity index (χ1n) is 6.00. The van der Waals surface area contributed by atoms with Gasteiger partial charge in [0.2, 0.25) is 0 Å². The number of carboxylic acids is 1. The molecule has 2 fully saturated rings. The lowest BCUT2D eigenvalue weighted by atomic mass is 9.89. The lowest BCUT2D eigenvalue weighted by molar-refractivity contribution is -0.144. The molecule has 2 aliphatic rings. The van der Waals surface area contributed by atoms with Crippen molar-refractivity contribution in [3.05, 3.63) is 28.6 Å². The molecule has 2 heterocycles. The molecule has 0 radical (unpaired) electrons. The van der Waals surface area contributed by atoms with Gasteiger partial charge in [-0.2, -0.15) is 0 Å². The summed E-state index contributed by atoms with van der Waals surface area (Å²) in [6.07, 6.45) is 4.88. The smallest absolute Gasteiger partial charge is 0.353 e. The highest BCUT2D eigenvalue weighted by atomic mass is 32.1. The van der Waals surface area contributed by atoms with E-state index in [1.807, 2.05) is 0 Å². The van der Waals surface area contributed by atoms with Gasteiger partial charge in [-0.3, -0.25) is 14.4 Å². The van der Waals surface area contributed by atoms with Crippen molar-refractivity contribution in [2.24, 2.45) is 7.05 Å². The highest BCUT2D eigenvalue weighted by molar-refractivity contribution is 7.83. The predicted molar refractivity (Wildman–Crippen MR) is 72.5 cm³/mol. The van der Waals surface area contributed by atoms with Crippen molar-refractivity contribution in [3.63, 3.8) is 0 Å².